The molecule has 38 heavy (non-hydrogen) atoms. The number of hydrogen-bond donors (Lipinski definition) is 1. The van der Waals surface area contributed by atoms with Gasteiger partial charge >= 0.3 is 0 Å². The quantitative estimate of drug-likeness (QED) is 0.260. The molecule has 0 amide bonds. The molecule has 2 aliphatic rings. The van der Waals surface area contributed by atoms with Crippen molar-refractivity contribution in [1.82, 2.24) is 14.9 Å². The Kier molecular flexibility index (Phi) is 7.41. The Morgan fingerprint density at radius 2 is 1.50 bits per heavy atom. The Balaban J connectivity index is 1.05. The van der Waals surface area contributed by atoms with Gasteiger partial charge in [-0.3, -0.25) is 4.90 Å². The highest BCUT2D eigenvalue weighted by Crippen LogP contribution is 2.37. The molecule has 0 radical (unpaired) electrons. The molecule has 5 heteroatoms. The van der Waals surface area contributed by atoms with Crippen molar-refractivity contribution in [3.63, 3.8) is 0 Å². The van der Waals surface area contributed by atoms with E-state index in [-0.39, 0.29) is 5.41 Å². The Morgan fingerprint density at radius 3 is 2.24 bits per heavy atom. The average molecular weight is 508 g/mol. The zero-order valence-electron chi connectivity index (χ0n) is 22.2. The van der Waals surface area contributed by atoms with Crippen LogP contribution >= 0.6 is 0 Å². The van der Waals surface area contributed by atoms with Crippen LogP contribution in [0.25, 0.3) is 22.5 Å². The van der Waals surface area contributed by atoms with Gasteiger partial charge in [-0.05, 0) is 36.9 Å². The fourth-order valence-electron chi connectivity index (χ4n) is 5.70. The highest BCUT2D eigenvalue weighted by molar-refractivity contribution is 5.78. The van der Waals surface area contributed by atoms with Gasteiger partial charge < -0.3 is 14.5 Å². The number of hydrogen-bond acceptors (Lipinski definition) is 4. The topological polar surface area (TPSA) is 50.4 Å². The third kappa shape index (κ3) is 5.60. The Hall–Kier alpha value is -3.25. The zero-order chi connectivity index (χ0) is 25.8. The maximum absolute atomic E-state index is 6.28. The van der Waals surface area contributed by atoms with Crippen LogP contribution in [0.2, 0.25) is 0 Å². The predicted molar refractivity (Wildman–Crippen MR) is 151 cm³/mol. The number of H-pyrrole nitrogens is 1. The second-order valence-corrected chi connectivity index (χ2v) is 11.1. The van der Waals surface area contributed by atoms with E-state index in [1.807, 2.05) is 36.4 Å². The molecular weight excluding hydrogens is 470 g/mol. The molecule has 0 unspecified atom stereocenters. The van der Waals surface area contributed by atoms with Crippen LogP contribution in [-0.2, 0) is 22.4 Å². The second-order valence-electron chi connectivity index (χ2n) is 11.1. The summed E-state index contributed by atoms with van der Waals surface area (Å²) in [6.07, 6.45) is 4.19. The van der Waals surface area contributed by atoms with Crippen LogP contribution in [0.1, 0.15) is 49.4 Å². The number of imidazole rings is 1. The molecular formula is C33H37N3O2. The minimum Gasteiger partial charge on any atom is -0.345 e. The lowest BCUT2D eigenvalue weighted by Gasteiger charge is -2.37. The van der Waals surface area contributed by atoms with E-state index in [2.05, 4.69) is 65.3 Å². The van der Waals surface area contributed by atoms with Gasteiger partial charge in [-0.25, -0.2) is 4.98 Å². The maximum atomic E-state index is 6.28. The first-order valence-electron chi connectivity index (χ1n) is 13.9. The molecule has 1 N–H and O–H groups in total. The summed E-state index contributed by atoms with van der Waals surface area (Å²) in [4.78, 5) is 11.1. The van der Waals surface area contributed by atoms with E-state index in [0.29, 0.717) is 13.2 Å². The number of nitrogens with zero attached hydrogens (tertiary/aromatic N) is 2. The van der Waals surface area contributed by atoms with E-state index in [0.717, 1.165) is 47.8 Å². The second kappa shape index (κ2) is 11.2. The monoisotopic (exact) mass is 507 g/mol. The van der Waals surface area contributed by atoms with Crippen LogP contribution in [0.15, 0.2) is 84.9 Å². The van der Waals surface area contributed by atoms with Gasteiger partial charge in [-0.1, -0.05) is 98.3 Å². The Labute approximate surface area is 225 Å². The number of ether oxygens (including phenoxy) is 2. The first-order valence-corrected chi connectivity index (χ1v) is 13.9. The van der Waals surface area contributed by atoms with Crippen LogP contribution in [-0.4, -0.2) is 41.2 Å². The molecule has 1 aromatic heterocycles. The van der Waals surface area contributed by atoms with E-state index in [1.54, 1.807) is 0 Å². The summed E-state index contributed by atoms with van der Waals surface area (Å²) in [5.41, 5.74) is 7.14. The van der Waals surface area contributed by atoms with Crippen LogP contribution in [0, 0.1) is 5.41 Å². The molecule has 3 aromatic carbocycles. The van der Waals surface area contributed by atoms with Crippen molar-refractivity contribution in [2.45, 2.75) is 45.4 Å². The van der Waals surface area contributed by atoms with Gasteiger partial charge in [0.2, 0.25) is 6.29 Å². The minimum absolute atomic E-state index is 0.0299. The maximum Gasteiger partial charge on any atom is 0.217 e. The first-order chi connectivity index (χ1) is 18.7. The molecule has 6 rings (SSSR count). The number of nitrogens with one attached hydrogen (secondary N) is 1. The molecule has 1 saturated heterocycles. The third-order valence-electron chi connectivity index (χ3n) is 7.94. The average Bonchev–Trinajstić information content (AvgIpc) is 3.42. The predicted octanol–water partition coefficient (Wildman–Crippen LogP) is 7.02. The van der Waals surface area contributed by atoms with Gasteiger partial charge in [-0.15, -0.1) is 0 Å². The summed E-state index contributed by atoms with van der Waals surface area (Å²) in [7, 11) is 0. The SMILES string of the molecule is CC1(CCCCN2CCc3ccccc3C2)COC(c2nc(-c3ccccc3)c(-c3ccccc3)[nH]2)OC1. The van der Waals surface area contributed by atoms with Crippen molar-refractivity contribution >= 4 is 0 Å². The molecule has 0 bridgehead atoms. The number of rotatable bonds is 8. The minimum atomic E-state index is -0.476. The summed E-state index contributed by atoms with van der Waals surface area (Å²) in [6.45, 7) is 7.05. The third-order valence-corrected chi connectivity index (χ3v) is 7.94. The summed E-state index contributed by atoms with van der Waals surface area (Å²) in [6, 6.07) is 29.5. The molecule has 1 fully saturated rings. The number of benzene rings is 3. The van der Waals surface area contributed by atoms with E-state index in [4.69, 9.17) is 14.5 Å². The summed E-state index contributed by atoms with van der Waals surface area (Å²) in [5, 5.41) is 0. The zero-order valence-corrected chi connectivity index (χ0v) is 22.2. The Morgan fingerprint density at radius 1 is 0.842 bits per heavy atom. The van der Waals surface area contributed by atoms with Crippen molar-refractivity contribution in [1.29, 1.82) is 0 Å². The number of aromatic amines is 1. The highest BCUT2D eigenvalue weighted by atomic mass is 16.7. The molecule has 0 spiro atoms. The highest BCUT2D eigenvalue weighted by Gasteiger charge is 2.34. The van der Waals surface area contributed by atoms with Gasteiger partial charge in [0.15, 0.2) is 5.82 Å². The van der Waals surface area contributed by atoms with Gasteiger partial charge in [-0.2, -0.15) is 0 Å². The van der Waals surface area contributed by atoms with E-state index in [1.165, 1.54) is 36.9 Å². The fraction of sp³-hybridized carbons (Fsp3) is 0.364. The normalized spacial score (nSPS) is 21.8. The van der Waals surface area contributed by atoms with Crippen LogP contribution in [0.3, 0.4) is 0 Å². The van der Waals surface area contributed by atoms with Crippen molar-refractivity contribution in [2.24, 2.45) is 5.41 Å². The molecule has 3 heterocycles. The van der Waals surface area contributed by atoms with Crippen molar-refractivity contribution in [2.75, 3.05) is 26.3 Å². The van der Waals surface area contributed by atoms with E-state index < -0.39 is 6.29 Å². The molecule has 4 aromatic rings. The largest absolute Gasteiger partial charge is 0.345 e. The molecule has 196 valence electrons. The van der Waals surface area contributed by atoms with Gasteiger partial charge in [0.1, 0.15) is 0 Å². The van der Waals surface area contributed by atoms with Crippen molar-refractivity contribution < 1.29 is 9.47 Å². The standard InChI is InChI=1S/C33H37N3O2/c1-33(19-10-11-20-36-21-18-25-12-8-9-17-28(25)22-36)23-37-32(38-24-33)31-34-29(26-13-4-2-5-14-26)30(35-31)27-15-6-3-7-16-27/h2-9,12-17,32H,10-11,18-24H2,1H3,(H,34,35). The number of aromatic nitrogens is 2. The van der Waals surface area contributed by atoms with Gasteiger partial charge in [0.05, 0.1) is 24.6 Å². The molecule has 0 atom stereocenters. The van der Waals surface area contributed by atoms with Crippen LogP contribution in [0.5, 0.6) is 0 Å². The lowest BCUT2D eigenvalue weighted by Crippen LogP contribution is -2.37. The smallest absolute Gasteiger partial charge is 0.217 e. The first kappa shape index (κ1) is 25.1. The summed E-state index contributed by atoms with van der Waals surface area (Å²) in [5.74, 6) is 0.732. The van der Waals surface area contributed by atoms with E-state index >= 15 is 0 Å². The molecule has 0 aliphatic carbocycles. The molecule has 0 saturated carbocycles. The van der Waals surface area contributed by atoms with Gasteiger partial charge in [0.25, 0.3) is 0 Å². The van der Waals surface area contributed by atoms with Crippen LogP contribution < -0.4 is 0 Å². The summed E-state index contributed by atoms with van der Waals surface area (Å²) >= 11 is 0. The summed E-state index contributed by atoms with van der Waals surface area (Å²) < 4.78 is 12.6. The molecule has 5 nitrogen and oxygen atoms in total. The van der Waals surface area contributed by atoms with Crippen molar-refractivity contribution in [3.8, 4) is 22.5 Å². The van der Waals surface area contributed by atoms with Gasteiger partial charge in [0, 0.05) is 29.6 Å². The van der Waals surface area contributed by atoms with Crippen molar-refractivity contribution in [3.05, 3.63) is 102 Å². The number of unbranched alkanes of at least 4 members (excludes halogenated alkanes) is 1. The fourth-order valence-corrected chi connectivity index (χ4v) is 5.70. The number of fused-ring (bicyclic) bond motifs is 1. The lowest BCUT2D eigenvalue weighted by atomic mass is 9.86. The Bertz CT molecular complexity index is 1270. The molecule has 2 aliphatic heterocycles. The van der Waals surface area contributed by atoms with Crippen LogP contribution in [0.4, 0.5) is 0 Å². The lowest BCUT2D eigenvalue weighted by molar-refractivity contribution is -0.235. The van der Waals surface area contributed by atoms with E-state index in [9.17, 15) is 0 Å².